The molecule has 1 aromatic carbocycles. The molecule has 6 heteroatoms. The third-order valence-corrected chi connectivity index (χ3v) is 5.47. The van der Waals surface area contributed by atoms with Crippen LogP contribution in [0.4, 0.5) is 0 Å². The number of phenols is 1. The fourth-order valence-electron chi connectivity index (χ4n) is 3.21. The first-order chi connectivity index (χ1) is 15.3. The van der Waals surface area contributed by atoms with Crippen LogP contribution in [0.1, 0.15) is 74.4 Å². The van der Waals surface area contributed by atoms with Crippen molar-refractivity contribution in [1.29, 1.82) is 0 Å². The summed E-state index contributed by atoms with van der Waals surface area (Å²) in [4.78, 5) is 25.1. The highest BCUT2D eigenvalue weighted by atomic mass is 16.5. The second-order valence-electron chi connectivity index (χ2n) is 8.06. The molecule has 0 bridgehead atoms. The van der Waals surface area contributed by atoms with Gasteiger partial charge in [-0.05, 0) is 38.0 Å². The van der Waals surface area contributed by atoms with E-state index in [1.807, 2.05) is 0 Å². The van der Waals surface area contributed by atoms with E-state index in [-0.39, 0.29) is 23.7 Å². The van der Waals surface area contributed by atoms with Gasteiger partial charge in [-0.2, -0.15) is 0 Å². The number of unbranched alkanes of at least 4 members (excludes halogenated alkanes) is 3. The number of benzene rings is 1. The zero-order valence-corrected chi connectivity index (χ0v) is 18.9. The summed E-state index contributed by atoms with van der Waals surface area (Å²) in [5.41, 5.74) is 0.910. The smallest absolute Gasteiger partial charge is 0.342 e. The molecule has 0 amide bonds. The van der Waals surface area contributed by atoms with E-state index < -0.39 is 30.1 Å². The number of phenolic OH excluding ortho intramolecular Hbond substituents is 1. The van der Waals surface area contributed by atoms with Crippen molar-refractivity contribution in [2.45, 2.75) is 71.2 Å². The lowest BCUT2D eigenvalue weighted by Gasteiger charge is -2.20. The molecule has 0 radical (unpaired) electrons. The van der Waals surface area contributed by atoms with Gasteiger partial charge < -0.3 is 20.1 Å². The van der Waals surface area contributed by atoms with E-state index in [9.17, 15) is 24.9 Å². The first-order valence-corrected chi connectivity index (χ1v) is 11.1. The Balaban J connectivity index is 2.51. The van der Waals surface area contributed by atoms with E-state index in [2.05, 4.69) is 18.8 Å². The SMILES string of the molecule is CCCCCC#Cc1ccc(O)c2c1/C=C/C[C@H](O)[C@H](O)C(=O)/C=C\[C@@H](C)[C@H](C)OC2=O. The van der Waals surface area contributed by atoms with Crippen molar-refractivity contribution in [3.8, 4) is 17.6 Å². The molecule has 6 nitrogen and oxygen atoms in total. The second kappa shape index (κ2) is 12.2. The van der Waals surface area contributed by atoms with Crippen LogP contribution >= 0.6 is 0 Å². The zero-order chi connectivity index (χ0) is 23.7. The number of hydrogen-bond donors (Lipinski definition) is 3. The normalized spacial score (nSPS) is 26.2. The van der Waals surface area contributed by atoms with Gasteiger partial charge in [0, 0.05) is 23.5 Å². The molecule has 32 heavy (non-hydrogen) atoms. The minimum atomic E-state index is -1.56. The highest BCUT2D eigenvalue weighted by Crippen LogP contribution is 2.28. The largest absolute Gasteiger partial charge is 0.507 e. The summed E-state index contributed by atoms with van der Waals surface area (Å²) in [6.45, 7) is 5.55. The first kappa shape index (κ1) is 25.4. The van der Waals surface area contributed by atoms with Crippen LogP contribution in [0.15, 0.2) is 30.4 Å². The summed E-state index contributed by atoms with van der Waals surface area (Å²) in [6.07, 6.45) is 6.17. The van der Waals surface area contributed by atoms with Crippen LogP contribution < -0.4 is 0 Å². The van der Waals surface area contributed by atoms with Crippen LogP contribution in [-0.4, -0.2) is 45.4 Å². The van der Waals surface area contributed by atoms with Crippen LogP contribution in [0.25, 0.3) is 6.08 Å². The Bertz CT molecular complexity index is 934. The molecule has 0 aromatic heterocycles. The van der Waals surface area contributed by atoms with Gasteiger partial charge in [0.25, 0.3) is 0 Å². The van der Waals surface area contributed by atoms with Crippen molar-refractivity contribution in [3.63, 3.8) is 0 Å². The number of cyclic esters (lactones) is 1. The fourth-order valence-corrected chi connectivity index (χ4v) is 3.21. The van der Waals surface area contributed by atoms with Gasteiger partial charge in [-0.15, -0.1) is 0 Å². The number of aliphatic hydroxyl groups excluding tert-OH is 2. The number of esters is 1. The third-order valence-electron chi connectivity index (χ3n) is 5.47. The zero-order valence-electron chi connectivity index (χ0n) is 18.9. The minimum Gasteiger partial charge on any atom is -0.507 e. The lowest BCUT2D eigenvalue weighted by molar-refractivity contribution is -0.127. The molecule has 4 atom stereocenters. The molecule has 0 saturated carbocycles. The van der Waals surface area contributed by atoms with Crippen LogP contribution in [0.5, 0.6) is 5.75 Å². The average molecular weight is 441 g/mol. The Hall–Kier alpha value is -2.88. The molecule has 2 rings (SSSR count). The number of carbonyl (C=O) groups is 2. The molecule has 1 aliphatic rings. The number of carbonyl (C=O) groups excluding carboxylic acids is 2. The quantitative estimate of drug-likeness (QED) is 0.376. The molecule has 0 aliphatic carbocycles. The van der Waals surface area contributed by atoms with Crippen LogP contribution in [0.3, 0.4) is 0 Å². The molecular formula is C26H32O6. The van der Waals surface area contributed by atoms with E-state index in [0.717, 1.165) is 19.3 Å². The van der Waals surface area contributed by atoms with Crippen LogP contribution in [0.2, 0.25) is 0 Å². The van der Waals surface area contributed by atoms with Crippen molar-refractivity contribution < 1.29 is 29.6 Å². The van der Waals surface area contributed by atoms with Crippen molar-refractivity contribution in [1.82, 2.24) is 0 Å². The summed E-state index contributed by atoms with van der Waals surface area (Å²) in [6, 6.07) is 3.05. The predicted molar refractivity (Wildman–Crippen MR) is 123 cm³/mol. The number of aliphatic hydroxyl groups is 2. The molecule has 0 saturated heterocycles. The van der Waals surface area contributed by atoms with Crippen molar-refractivity contribution >= 4 is 17.8 Å². The van der Waals surface area contributed by atoms with Crippen molar-refractivity contribution in [3.05, 3.63) is 47.1 Å². The van der Waals surface area contributed by atoms with E-state index in [1.54, 1.807) is 26.0 Å². The first-order valence-electron chi connectivity index (χ1n) is 11.1. The number of ketones is 1. The number of aromatic hydroxyl groups is 1. The molecule has 0 spiro atoms. The van der Waals surface area contributed by atoms with E-state index >= 15 is 0 Å². The standard InChI is InChI=1S/C26H32O6/c1-4-5-6-7-8-10-19-14-16-21(27)24-20(19)11-9-12-22(28)25(30)23(29)15-13-17(2)18(3)32-26(24)31/h9,11,13-18,22,25,27-28,30H,4-7,12H2,1-3H3/b11-9+,15-13-/t17-,18+,22+,25+/m1/s1. The summed E-state index contributed by atoms with van der Waals surface area (Å²) in [5, 5.41) is 30.7. The van der Waals surface area contributed by atoms with E-state index in [4.69, 9.17) is 4.74 Å². The van der Waals surface area contributed by atoms with Gasteiger partial charge >= 0.3 is 5.97 Å². The average Bonchev–Trinajstić information content (AvgIpc) is 2.76. The Kier molecular flexibility index (Phi) is 9.70. The lowest BCUT2D eigenvalue weighted by atomic mass is 9.97. The van der Waals surface area contributed by atoms with E-state index in [0.29, 0.717) is 17.5 Å². The van der Waals surface area contributed by atoms with Crippen molar-refractivity contribution in [2.24, 2.45) is 5.92 Å². The van der Waals surface area contributed by atoms with Gasteiger partial charge in [0.15, 0.2) is 5.78 Å². The molecule has 172 valence electrons. The maximum absolute atomic E-state index is 13.0. The van der Waals surface area contributed by atoms with Gasteiger partial charge in [-0.1, -0.05) is 56.8 Å². The molecule has 0 unspecified atom stereocenters. The highest BCUT2D eigenvalue weighted by molar-refractivity contribution is 5.98. The van der Waals surface area contributed by atoms with Gasteiger partial charge in [-0.25, -0.2) is 4.79 Å². The molecule has 1 aromatic rings. The molecule has 1 heterocycles. The van der Waals surface area contributed by atoms with Gasteiger partial charge in [-0.3, -0.25) is 4.79 Å². The van der Waals surface area contributed by atoms with Crippen LogP contribution in [0, 0.1) is 17.8 Å². The summed E-state index contributed by atoms with van der Waals surface area (Å²) in [5.74, 6) is 4.28. The molecular weight excluding hydrogens is 408 g/mol. The maximum atomic E-state index is 13.0. The maximum Gasteiger partial charge on any atom is 0.342 e. The van der Waals surface area contributed by atoms with Gasteiger partial charge in [0.05, 0.1) is 6.10 Å². The Morgan fingerprint density at radius 1 is 1.12 bits per heavy atom. The van der Waals surface area contributed by atoms with Crippen molar-refractivity contribution in [2.75, 3.05) is 0 Å². The third kappa shape index (κ3) is 6.81. The molecule has 1 aliphatic heterocycles. The number of fused-ring (bicyclic) bond motifs is 1. The molecule has 3 N–H and O–H groups in total. The highest BCUT2D eigenvalue weighted by Gasteiger charge is 2.25. The Labute approximate surface area is 189 Å². The second-order valence-corrected chi connectivity index (χ2v) is 8.06. The summed E-state index contributed by atoms with van der Waals surface area (Å²) < 4.78 is 5.56. The van der Waals surface area contributed by atoms with Gasteiger partial charge in [0.2, 0.25) is 0 Å². The molecule has 0 fully saturated rings. The number of rotatable bonds is 3. The Morgan fingerprint density at radius 3 is 2.59 bits per heavy atom. The number of hydrogen-bond acceptors (Lipinski definition) is 6. The van der Waals surface area contributed by atoms with Gasteiger partial charge in [0.1, 0.15) is 23.5 Å². The van der Waals surface area contributed by atoms with E-state index in [1.165, 1.54) is 24.3 Å². The predicted octanol–water partition coefficient (Wildman–Crippen LogP) is 3.77. The fraction of sp³-hybridized carbons (Fsp3) is 0.462. The number of ether oxygens (including phenoxy) is 1. The van der Waals surface area contributed by atoms with Crippen LogP contribution in [-0.2, 0) is 9.53 Å². The Morgan fingerprint density at radius 2 is 1.88 bits per heavy atom. The topological polar surface area (TPSA) is 104 Å². The monoisotopic (exact) mass is 440 g/mol. The summed E-state index contributed by atoms with van der Waals surface area (Å²) in [7, 11) is 0. The minimum absolute atomic E-state index is 0.00666. The lowest BCUT2D eigenvalue weighted by Crippen LogP contribution is -2.32. The summed E-state index contributed by atoms with van der Waals surface area (Å²) >= 11 is 0.